The zero-order valence-electron chi connectivity index (χ0n) is 19.4. The third-order valence-electron chi connectivity index (χ3n) is 4.88. The molecule has 2 unspecified atom stereocenters. The van der Waals surface area contributed by atoms with E-state index in [-0.39, 0.29) is 17.0 Å². The Labute approximate surface area is 206 Å². The van der Waals surface area contributed by atoms with Crippen LogP contribution in [0.15, 0.2) is 48.5 Å². The first kappa shape index (κ1) is 26.0. The molecule has 1 heterocycles. The maximum absolute atomic E-state index is 13.4. The molecule has 1 aliphatic rings. The van der Waals surface area contributed by atoms with E-state index in [2.05, 4.69) is 10.6 Å². The summed E-state index contributed by atoms with van der Waals surface area (Å²) in [6.45, 7) is 4.72. The van der Waals surface area contributed by atoms with Crippen LogP contribution in [-0.2, 0) is 14.3 Å². The van der Waals surface area contributed by atoms with E-state index in [1.165, 1.54) is 65.2 Å². The van der Waals surface area contributed by atoms with Crippen molar-refractivity contribution in [3.63, 3.8) is 0 Å². The minimum Gasteiger partial charge on any atom is -0.545 e. The van der Waals surface area contributed by atoms with Gasteiger partial charge in [-0.15, -0.1) is 11.8 Å². The molecule has 3 amide bonds. The van der Waals surface area contributed by atoms with Crippen molar-refractivity contribution in [2.45, 2.75) is 37.8 Å². The van der Waals surface area contributed by atoms with Gasteiger partial charge in [0.25, 0.3) is 0 Å². The molecule has 186 valence electrons. The maximum atomic E-state index is 13.4. The Kier molecular flexibility index (Phi) is 8.00. The van der Waals surface area contributed by atoms with E-state index in [4.69, 9.17) is 4.74 Å². The van der Waals surface area contributed by atoms with Gasteiger partial charge in [0, 0.05) is 11.4 Å². The molecule has 1 fully saturated rings. The van der Waals surface area contributed by atoms with Crippen molar-refractivity contribution in [2.24, 2.45) is 0 Å². The van der Waals surface area contributed by atoms with Gasteiger partial charge in [0.05, 0.1) is 12.5 Å². The van der Waals surface area contributed by atoms with Crippen LogP contribution in [0.3, 0.4) is 0 Å². The van der Waals surface area contributed by atoms with Crippen molar-refractivity contribution in [1.29, 1.82) is 0 Å². The summed E-state index contributed by atoms with van der Waals surface area (Å²) in [6.07, 6.45) is 0. The lowest BCUT2D eigenvalue weighted by atomic mass is 10.1. The second-order valence-electron chi connectivity index (χ2n) is 8.76. The number of hydrogen-bond donors (Lipinski definition) is 2. The number of thioether (sulfide) groups is 1. The lowest BCUT2D eigenvalue weighted by molar-refractivity contribution is -0.255. The quantitative estimate of drug-likeness (QED) is 0.580. The molecule has 0 spiro atoms. The Bertz CT molecular complexity index is 1120. The highest BCUT2D eigenvalue weighted by Crippen LogP contribution is 2.42. The van der Waals surface area contributed by atoms with Gasteiger partial charge in [0.15, 0.2) is 0 Å². The highest BCUT2D eigenvalue weighted by Gasteiger charge is 2.44. The molecule has 1 aliphatic heterocycles. The summed E-state index contributed by atoms with van der Waals surface area (Å²) < 4.78 is 18.9. The summed E-state index contributed by atoms with van der Waals surface area (Å²) in [5, 5.41) is 15.3. The number of amides is 3. The maximum Gasteiger partial charge on any atom is 0.330 e. The number of carbonyl (C=O) groups excluding carboxylic acids is 4. The van der Waals surface area contributed by atoms with Gasteiger partial charge in [-0.3, -0.25) is 4.79 Å². The minimum absolute atomic E-state index is 0.115. The number of carboxylic acids is 1. The largest absolute Gasteiger partial charge is 0.545 e. The summed E-state index contributed by atoms with van der Waals surface area (Å²) in [7, 11) is 0. The van der Waals surface area contributed by atoms with Crippen molar-refractivity contribution in [3.8, 4) is 0 Å². The summed E-state index contributed by atoms with van der Waals surface area (Å²) >= 11 is 1.33. The van der Waals surface area contributed by atoms with Crippen molar-refractivity contribution >= 4 is 41.3 Å². The number of benzene rings is 2. The number of urea groups is 1. The fourth-order valence-corrected chi connectivity index (χ4v) is 4.83. The van der Waals surface area contributed by atoms with Crippen LogP contribution in [0.1, 0.15) is 42.1 Å². The van der Waals surface area contributed by atoms with Crippen molar-refractivity contribution in [3.05, 3.63) is 65.5 Å². The summed E-state index contributed by atoms with van der Waals surface area (Å²) in [5.74, 6) is -2.68. The highest BCUT2D eigenvalue weighted by atomic mass is 32.2. The number of anilines is 1. The zero-order valence-corrected chi connectivity index (χ0v) is 20.2. The molecule has 0 saturated carbocycles. The summed E-state index contributed by atoms with van der Waals surface area (Å²) in [5.41, 5.74) is -0.0541. The van der Waals surface area contributed by atoms with Crippen LogP contribution in [0.4, 0.5) is 14.9 Å². The van der Waals surface area contributed by atoms with E-state index in [0.29, 0.717) is 5.56 Å². The first-order valence-electron chi connectivity index (χ1n) is 10.7. The van der Waals surface area contributed by atoms with E-state index < -0.39 is 53.3 Å². The number of carbonyl (C=O) groups is 4. The Morgan fingerprint density at radius 3 is 2.46 bits per heavy atom. The van der Waals surface area contributed by atoms with E-state index in [0.717, 1.165) is 0 Å². The fourth-order valence-electron chi connectivity index (χ4n) is 3.39. The number of nitrogens with zero attached hydrogens (tertiary/aromatic N) is 1. The standard InChI is InChI=1S/C24H26FN3O6S/c1-24(2,3)34-22(32)18-13-35-20(14-7-9-16(25)10-8-14)28(18)19(29)12-26-23(33)27-17-6-4-5-15(11-17)21(30)31/h4-11,18,20H,12-13H2,1-3H3,(H,30,31)(H2,26,27,33)/p-1. The first-order chi connectivity index (χ1) is 16.4. The molecule has 1 saturated heterocycles. The van der Waals surface area contributed by atoms with E-state index >= 15 is 0 Å². The number of nitrogens with one attached hydrogen (secondary N) is 2. The predicted molar refractivity (Wildman–Crippen MR) is 126 cm³/mol. The normalized spacial score (nSPS) is 17.5. The highest BCUT2D eigenvalue weighted by molar-refractivity contribution is 7.99. The number of rotatable bonds is 6. The second kappa shape index (κ2) is 10.8. The second-order valence-corrected chi connectivity index (χ2v) is 9.88. The Balaban J connectivity index is 1.73. The molecule has 35 heavy (non-hydrogen) atoms. The van der Waals surface area contributed by atoms with Crippen LogP contribution < -0.4 is 15.7 Å². The van der Waals surface area contributed by atoms with Crippen molar-refractivity contribution in [1.82, 2.24) is 10.2 Å². The average molecular weight is 503 g/mol. The summed E-state index contributed by atoms with van der Waals surface area (Å²) in [6, 6.07) is 9.43. The Hall–Kier alpha value is -3.60. The molecule has 11 heteroatoms. The number of halogens is 1. The molecular weight excluding hydrogens is 477 g/mol. The molecule has 0 bridgehead atoms. The van der Waals surface area contributed by atoms with Crippen LogP contribution in [-0.4, -0.2) is 52.7 Å². The van der Waals surface area contributed by atoms with Gasteiger partial charge in [-0.2, -0.15) is 0 Å². The number of carboxylic acid groups (broad SMARTS) is 1. The number of ether oxygens (including phenoxy) is 1. The SMILES string of the molecule is CC(C)(C)OC(=O)C1CSC(c2ccc(F)cc2)N1C(=O)CNC(=O)Nc1cccc(C(=O)[O-])c1. The molecule has 2 atom stereocenters. The Morgan fingerprint density at radius 2 is 1.83 bits per heavy atom. The third-order valence-corrected chi connectivity index (χ3v) is 6.20. The lowest BCUT2D eigenvalue weighted by Crippen LogP contribution is -2.49. The Morgan fingerprint density at radius 1 is 1.14 bits per heavy atom. The van der Waals surface area contributed by atoms with Crippen molar-refractivity contribution < 1.29 is 33.4 Å². The molecule has 0 radical (unpaired) electrons. The van der Waals surface area contributed by atoms with Gasteiger partial charge in [-0.25, -0.2) is 14.0 Å². The molecule has 9 nitrogen and oxygen atoms in total. The molecule has 2 aromatic carbocycles. The van der Waals surface area contributed by atoms with Gasteiger partial charge < -0.3 is 30.2 Å². The lowest BCUT2D eigenvalue weighted by Gasteiger charge is -2.30. The molecule has 0 aromatic heterocycles. The average Bonchev–Trinajstić information content (AvgIpc) is 3.22. The minimum atomic E-state index is -1.39. The molecule has 3 rings (SSSR count). The van der Waals surface area contributed by atoms with Crippen LogP contribution in [0.2, 0.25) is 0 Å². The van der Waals surface area contributed by atoms with Gasteiger partial charge in [0.1, 0.15) is 22.8 Å². The summed E-state index contributed by atoms with van der Waals surface area (Å²) in [4.78, 5) is 50.6. The number of aromatic carboxylic acids is 1. The molecular formula is C24H25FN3O6S-. The van der Waals surface area contributed by atoms with Gasteiger partial charge in [-0.05, 0) is 56.2 Å². The van der Waals surface area contributed by atoms with Gasteiger partial charge >= 0.3 is 12.0 Å². The monoisotopic (exact) mass is 502 g/mol. The van der Waals surface area contributed by atoms with Crippen LogP contribution >= 0.6 is 11.8 Å². The predicted octanol–water partition coefficient (Wildman–Crippen LogP) is 2.30. The number of hydrogen-bond acceptors (Lipinski definition) is 7. The molecule has 0 aliphatic carbocycles. The smallest absolute Gasteiger partial charge is 0.330 e. The first-order valence-corrected chi connectivity index (χ1v) is 11.8. The molecule has 2 N–H and O–H groups in total. The van der Waals surface area contributed by atoms with E-state index in [1.807, 2.05) is 0 Å². The van der Waals surface area contributed by atoms with Crippen LogP contribution in [0.25, 0.3) is 0 Å². The fraction of sp³-hybridized carbons (Fsp3) is 0.333. The third kappa shape index (κ3) is 6.95. The van der Waals surface area contributed by atoms with Crippen molar-refractivity contribution in [2.75, 3.05) is 17.6 Å². The van der Waals surface area contributed by atoms with E-state index in [9.17, 15) is 28.7 Å². The van der Waals surface area contributed by atoms with E-state index in [1.54, 1.807) is 20.8 Å². The topological polar surface area (TPSA) is 128 Å². The molecule has 2 aromatic rings. The zero-order chi connectivity index (χ0) is 25.8. The van der Waals surface area contributed by atoms with Gasteiger partial charge in [0.2, 0.25) is 5.91 Å². The van der Waals surface area contributed by atoms with Crippen LogP contribution in [0, 0.1) is 5.82 Å². The number of esters is 1. The van der Waals surface area contributed by atoms with Gasteiger partial charge in [-0.1, -0.05) is 24.3 Å². The van der Waals surface area contributed by atoms with Crippen LogP contribution in [0.5, 0.6) is 0 Å².